The number of nitrogens with zero attached hydrogens (tertiary/aromatic N) is 6. The summed E-state index contributed by atoms with van der Waals surface area (Å²) in [5, 5.41) is 0.692. The van der Waals surface area contributed by atoms with E-state index in [9.17, 15) is 9.59 Å². The number of halogens is 1. The molecule has 2 aromatic heterocycles. The Labute approximate surface area is 345 Å². The summed E-state index contributed by atoms with van der Waals surface area (Å²) in [5.41, 5.74) is 5.44. The number of carbonyl (C=O) groups is 3. The Bertz CT molecular complexity index is 2030. The van der Waals surface area contributed by atoms with Gasteiger partial charge in [0.15, 0.2) is 6.61 Å². The molecular weight excluding hydrogens is 756 g/mol. The van der Waals surface area contributed by atoms with Gasteiger partial charge >= 0.3 is 12.2 Å². The van der Waals surface area contributed by atoms with Gasteiger partial charge in [0, 0.05) is 62.9 Å². The first kappa shape index (κ1) is 39.9. The Morgan fingerprint density at radius 2 is 1.59 bits per heavy atom. The fraction of sp³-hybridized carbons (Fsp3) is 0.489. The van der Waals surface area contributed by atoms with Crippen molar-refractivity contribution in [1.29, 1.82) is 0 Å². The molecule has 0 unspecified atom stereocenters. The van der Waals surface area contributed by atoms with Crippen LogP contribution in [0.5, 0.6) is 0 Å². The fourth-order valence-corrected chi connectivity index (χ4v) is 9.33. The molecule has 2 amide bonds. The minimum absolute atomic E-state index is 0.00429. The molecule has 2 aromatic carbocycles. The lowest BCUT2D eigenvalue weighted by Gasteiger charge is -2.45. The molecule has 4 aromatic rings. The Hall–Kier alpha value is -4.94. The van der Waals surface area contributed by atoms with E-state index in [2.05, 4.69) is 28.1 Å². The van der Waals surface area contributed by atoms with E-state index in [-0.39, 0.29) is 30.8 Å². The highest BCUT2D eigenvalue weighted by molar-refractivity contribution is 6.30. The molecule has 3 heterocycles. The Kier molecular flexibility index (Phi) is 12.9. The van der Waals surface area contributed by atoms with Crippen molar-refractivity contribution < 1.29 is 28.6 Å². The number of rotatable bonds is 12. The van der Waals surface area contributed by atoms with Gasteiger partial charge in [-0.2, -0.15) is 0 Å². The van der Waals surface area contributed by atoms with Gasteiger partial charge in [-0.3, -0.25) is 19.6 Å². The molecule has 8 rings (SSSR count). The maximum atomic E-state index is 15.2. The van der Waals surface area contributed by atoms with Gasteiger partial charge in [0.1, 0.15) is 24.1 Å². The van der Waals surface area contributed by atoms with Crippen molar-refractivity contribution in [3.8, 4) is 0 Å². The van der Waals surface area contributed by atoms with Crippen molar-refractivity contribution in [2.24, 2.45) is 0 Å². The number of carbonyl (C=O) groups excluding carboxylic acids is 3. The second-order valence-electron chi connectivity index (χ2n) is 16.0. The SMILES string of the molecule is O=C(OCc1nccn1CCCN(Cc1ccccc1)C(=O)[C@H]1CN([C@@H]2c3ccc(Cl)cc3CCc3cccnc32)CCN1C(=O)OC1CCCC1)OC1CCCC1. The summed E-state index contributed by atoms with van der Waals surface area (Å²) in [5.74, 6) is 0.471. The minimum atomic E-state index is -0.791. The van der Waals surface area contributed by atoms with Crippen LogP contribution in [0.25, 0.3) is 0 Å². The average Bonchev–Trinajstić information content (AvgIpc) is 4.03. The first-order chi connectivity index (χ1) is 28.4. The van der Waals surface area contributed by atoms with Crippen LogP contribution in [0.2, 0.25) is 5.02 Å². The third kappa shape index (κ3) is 9.50. The van der Waals surface area contributed by atoms with Crippen LogP contribution in [0, 0.1) is 0 Å². The smallest absolute Gasteiger partial charge is 0.446 e. The number of benzene rings is 2. The molecule has 1 saturated heterocycles. The summed E-state index contributed by atoms with van der Waals surface area (Å²) >= 11 is 6.54. The molecule has 4 aliphatic rings. The third-order valence-corrected chi connectivity index (χ3v) is 12.4. The van der Waals surface area contributed by atoms with Gasteiger partial charge in [0.25, 0.3) is 0 Å². The monoisotopic (exact) mass is 808 g/mol. The zero-order valence-corrected chi connectivity index (χ0v) is 33.8. The number of aryl methyl sites for hydroxylation is 3. The number of pyridine rings is 1. The van der Waals surface area contributed by atoms with Crippen LogP contribution in [0.3, 0.4) is 0 Å². The molecule has 0 radical (unpaired) electrons. The van der Waals surface area contributed by atoms with Crippen molar-refractivity contribution >= 4 is 29.8 Å². The Balaban J connectivity index is 1.04. The van der Waals surface area contributed by atoms with Crippen LogP contribution in [-0.4, -0.2) is 91.8 Å². The van der Waals surface area contributed by atoms with Crippen molar-refractivity contribution in [3.63, 3.8) is 0 Å². The number of hydrogen-bond acceptors (Lipinski definition) is 9. The molecular formula is C45H53ClN6O6. The number of imidazole rings is 1. The van der Waals surface area contributed by atoms with Crippen LogP contribution in [-0.2, 0) is 51.5 Å². The standard InChI is InChI=1S/C45H53ClN6O6/c46-35-19-20-38-34(28-35)18-17-33-12-8-21-48-41(33)42(38)50-26-27-52(44(54)57-36-13-4-5-14-36)39(30-50)43(53)51(29-32-10-2-1-3-11-32)24-9-23-49-25-22-47-40(49)31-56-45(55)58-37-15-6-7-16-37/h1-3,8,10-12,19-22,25,28,36-37,39,42H,4-7,9,13-18,23-24,26-27,29-31H2/t39-,42-/m1/s1. The van der Waals surface area contributed by atoms with E-state index in [1.807, 2.05) is 64.3 Å². The number of aromatic nitrogens is 3. The van der Waals surface area contributed by atoms with Crippen LogP contribution in [0.1, 0.15) is 97.6 Å². The Morgan fingerprint density at radius 1 is 0.828 bits per heavy atom. The van der Waals surface area contributed by atoms with Gasteiger partial charge in [-0.15, -0.1) is 0 Å². The van der Waals surface area contributed by atoms with Crippen molar-refractivity contribution in [2.75, 3.05) is 26.2 Å². The molecule has 0 bridgehead atoms. The second-order valence-corrected chi connectivity index (χ2v) is 16.4. The first-order valence-corrected chi connectivity index (χ1v) is 21.4. The maximum absolute atomic E-state index is 15.2. The van der Waals surface area contributed by atoms with E-state index in [1.54, 1.807) is 11.1 Å². The first-order valence-electron chi connectivity index (χ1n) is 21.0. The molecule has 3 aliphatic carbocycles. The van der Waals surface area contributed by atoms with Crippen LogP contribution in [0.4, 0.5) is 9.59 Å². The quantitative estimate of drug-likeness (QED) is 0.132. The zero-order valence-electron chi connectivity index (χ0n) is 33.1. The summed E-state index contributed by atoms with van der Waals surface area (Å²) in [6, 6.07) is 19.1. The normalized spacial score (nSPS) is 19.9. The van der Waals surface area contributed by atoms with Gasteiger partial charge in [-0.05, 0) is 111 Å². The summed E-state index contributed by atoms with van der Waals surface area (Å²) in [6.45, 7) is 2.54. The molecule has 13 heteroatoms. The van der Waals surface area contributed by atoms with Gasteiger partial charge in [-0.1, -0.05) is 54.1 Å². The predicted octanol–water partition coefficient (Wildman–Crippen LogP) is 7.90. The van der Waals surface area contributed by atoms with E-state index in [0.717, 1.165) is 81.0 Å². The molecule has 0 spiro atoms. The molecule has 2 atom stereocenters. The van der Waals surface area contributed by atoms with Crippen molar-refractivity contribution in [2.45, 2.75) is 115 Å². The third-order valence-electron chi connectivity index (χ3n) is 12.2. The molecule has 1 aliphatic heterocycles. The summed E-state index contributed by atoms with van der Waals surface area (Å²) in [7, 11) is 0. The number of amides is 2. The predicted molar refractivity (Wildman–Crippen MR) is 218 cm³/mol. The maximum Gasteiger partial charge on any atom is 0.508 e. The van der Waals surface area contributed by atoms with E-state index in [4.69, 9.17) is 30.8 Å². The number of fused-ring (bicyclic) bond motifs is 2. The highest BCUT2D eigenvalue weighted by Gasteiger charge is 2.43. The van der Waals surface area contributed by atoms with Crippen LogP contribution in [0.15, 0.2) is 79.3 Å². The molecule has 2 saturated carbocycles. The van der Waals surface area contributed by atoms with E-state index in [1.165, 1.54) is 11.1 Å². The van der Waals surface area contributed by atoms with E-state index < -0.39 is 18.3 Å². The fourth-order valence-electron chi connectivity index (χ4n) is 9.13. The van der Waals surface area contributed by atoms with Gasteiger partial charge in [0.2, 0.25) is 5.91 Å². The van der Waals surface area contributed by atoms with Crippen LogP contribution < -0.4 is 0 Å². The minimum Gasteiger partial charge on any atom is -0.446 e. The summed E-state index contributed by atoms with van der Waals surface area (Å²) in [6.07, 6.45) is 14.0. The zero-order chi connectivity index (χ0) is 39.8. The second kappa shape index (κ2) is 18.8. The lowest BCUT2D eigenvalue weighted by molar-refractivity contribution is -0.140. The van der Waals surface area contributed by atoms with Crippen LogP contribution >= 0.6 is 11.6 Å². The highest BCUT2D eigenvalue weighted by atomic mass is 35.5. The van der Waals surface area contributed by atoms with Crippen molar-refractivity contribution in [1.82, 2.24) is 29.2 Å². The number of hydrogen-bond donors (Lipinski definition) is 0. The molecule has 58 heavy (non-hydrogen) atoms. The van der Waals surface area contributed by atoms with E-state index in [0.29, 0.717) is 56.5 Å². The molecule has 306 valence electrons. The lowest BCUT2D eigenvalue weighted by atomic mass is 9.95. The Morgan fingerprint density at radius 3 is 2.38 bits per heavy atom. The van der Waals surface area contributed by atoms with Crippen molar-refractivity contribution in [3.05, 3.63) is 118 Å². The largest absolute Gasteiger partial charge is 0.508 e. The molecule has 0 N–H and O–H groups in total. The summed E-state index contributed by atoms with van der Waals surface area (Å²) in [4.78, 5) is 56.9. The molecule has 3 fully saturated rings. The van der Waals surface area contributed by atoms with Gasteiger partial charge < -0.3 is 23.7 Å². The average molecular weight is 809 g/mol. The lowest BCUT2D eigenvalue weighted by Crippen LogP contribution is -2.62. The van der Waals surface area contributed by atoms with Gasteiger partial charge in [0.05, 0.1) is 11.7 Å². The molecule has 12 nitrogen and oxygen atoms in total. The number of piperazine rings is 1. The van der Waals surface area contributed by atoms with E-state index >= 15 is 4.79 Å². The summed E-state index contributed by atoms with van der Waals surface area (Å²) < 4.78 is 18.9. The van der Waals surface area contributed by atoms with Gasteiger partial charge in [-0.25, -0.2) is 14.6 Å². The number of ether oxygens (including phenoxy) is 3. The highest BCUT2D eigenvalue weighted by Crippen LogP contribution is 2.38. The topological polar surface area (TPSA) is 119 Å².